The van der Waals surface area contributed by atoms with Crippen LogP contribution in [0.1, 0.15) is 173 Å². The van der Waals surface area contributed by atoms with E-state index in [2.05, 4.69) is 59.8 Å². The number of aliphatic hydroxyl groups is 3. The minimum Gasteiger partial charge on any atom is -0.389 e. The summed E-state index contributed by atoms with van der Waals surface area (Å²) in [7, 11) is 0. The van der Waals surface area contributed by atoms with E-state index in [1.54, 1.807) is 6.08 Å². The van der Waals surface area contributed by atoms with Gasteiger partial charge in [-0.15, -0.1) is 12.8 Å². The predicted molar refractivity (Wildman–Crippen MR) is 212 cm³/mol. The van der Waals surface area contributed by atoms with Crippen LogP contribution in [0.5, 0.6) is 0 Å². The molecule has 0 aromatic heterocycles. The number of hydrogen-bond acceptors (Lipinski definition) is 3. The van der Waals surface area contributed by atoms with E-state index in [1.165, 1.54) is 70.6 Å². The monoisotopic (exact) mass is 671 g/mol. The first kappa shape index (κ1) is 46.1. The first-order chi connectivity index (χ1) is 24.1. The van der Waals surface area contributed by atoms with Crippen LogP contribution in [-0.2, 0) is 0 Å². The van der Waals surface area contributed by atoms with Crippen LogP contribution in [-0.4, -0.2) is 33.6 Å². The molecule has 0 aliphatic rings. The van der Waals surface area contributed by atoms with Crippen molar-refractivity contribution in [3.8, 4) is 48.4 Å². The molecule has 3 nitrogen and oxygen atoms in total. The molecule has 0 saturated carbocycles. The molecule has 0 aromatic carbocycles. The van der Waals surface area contributed by atoms with Gasteiger partial charge in [0, 0.05) is 12.8 Å². The van der Waals surface area contributed by atoms with E-state index in [0.717, 1.165) is 103 Å². The summed E-state index contributed by atoms with van der Waals surface area (Å²) in [4.78, 5) is 0. The number of hydrogen-bond donors (Lipinski definition) is 3. The third-order valence-electron chi connectivity index (χ3n) is 8.41. The molecule has 0 radical (unpaired) electrons. The Balaban J connectivity index is 3.51. The van der Waals surface area contributed by atoms with Crippen molar-refractivity contribution in [1.29, 1.82) is 0 Å². The van der Waals surface area contributed by atoms with Crippen molar-refractivity contribution in [1.82, 2.24) is 0 Å². The Morgan fingerprint density at radius 1 is 0.449 bits per heavy atom. The van der Waals surface area contributed by atoms with E-state index >= 15 is 0 Å². The fraction of sp³-hybridized carbons (Fsp3) is 0.652. The standard InChI is InChI=1S/C46H70O3/c1-3-5-6-7-8-9-10-11-12-13-14-15-16-19-25-30-35-40-45(48)41-36-31-26-20-17-18-21-27-32-37-42-46(49)43-38-33-28-23-22-24-29-34-39-44(47)4-2/h1-2,5-6,17,20,34-35,39-40,44-49H,7-16,18-19,21-33,36,41H2/b6-5-,20-17-,39-34+,40-35+/t44-,45-,46+/m1/s1. The molecule has 3 heteroatoms. The van der Waals surface area contributed by atoms with Crippen LogP contribution in [0.2, 0.25) is 0 Å². The van der Waals surface area contributed by atoms with Crippen LogP contribution in [0, 0.1) is 48.4 Å². The summed E-state index contributed by atoms with van der Waals surface area (Å²) in [6.45, 7) is 0. The van der Waals surface area contributed by atoms with Gasteiger partial charge in [-0.1, -0.05) is 149 Å². The summed E-state index contributed by atoms with van der Waals surface area (Å²) in [6, 6.07) is 0. The Morgan fingerprint density at radius 3 is 1.39 bits per heavy atom. The van der Waals surface area contributed by atoms with Gasteiger partial charge in [-0.25, -0.2) is 0 Å². The molecule has 0 aliphatic carbocycles. The number of terminal acetylenes is 2. The molecule has 0 amide bonds. The number of aliphatic hydroxyl groups excluding tert-OH is 3. The fourth-order valence-corrected chi connectivity index (χ4v) is 5.43. The van der Waals surface area contributed by atoms with Crippen LogP contribution in [0.15, 0.2) is 48.6 Å². The lowest BCUT2D eigenvalue weighted by Crippen LogP contribution is -2.01. The molecule has 49 heavy (non-hydrogen) atoms. The average Bonchev–Trinajstić information content (AvgIpc) is 3.10. The third-order valence-corrected chi connectivity index (χ3v) is 8.41. The van der Waals surface area contributed by atoms with Gasteiger partial charge in [-0.2, -0.15) is 0 Å². The Hall–Kier alpha value is -2.92. The van der Waals surface area contributed by atoms with Crippen molar-refractivity contribution in [2.24, 2.45) is 0 Å². The second-order valence-electron chi connectivity index (χ2n) is 13.1. The maximum Gasteiger partial charge on any atom is 0.176 e. The topological polar surface area (TPSA) is 60.7 Å². The van der Waals surface area contributed by atoms with Gasteiger partial charge in [-0.3, -0.25) is 0 Å². The first-order valence-corrected chi connectivity index (χ1v) is 19.7. The lowest BCUT2D eigenvalue weighted by Gasteiger charge is -2.04. The van der Waals surface area contributed by atoms with Crippen molar-refractivity contribution in [3.63, 3.8) is 0 Å². The highest BCUT2D eigenvalue weighted by atomic mass is 16.3. The zero-order valence-electron chi connectivity index (χ0n) is 30.9. The van der Waals surface area contributed by atoms with Crippen LogP contribution < -0.4 is 0 Å². The number of rotatable bonds is 31. The second-order valence-corrected chi connectivity index (χ2v) is 13.1. The first-order valence-electron chi connectivity index (χ1n) is 19.7. The summed E-state index contributed by atoms with van der Waals surface area (Å²) in [6.07, 6.45) is 55.6. The zero-order valence-corrected chi connectivity index (χ0v) is 30.9. The summed E-state index contributed by atoms with van der Waals surface area (Å²) in [5.74, 6) is 16.6. The Labute approximate surface area is 303 Å². The van der Waals surface area contributed by atoms with Gasteiger partial charge in [0.05, 0.1) is 6.10 Å². The normalized spacial score (nSPS) is 13.2. The minimum atomic E-state index is -0.851. The van der Waals surface area contributed by atoms with Gasteiger partial charge in [0.25, 0.3) is 0 Å². The number of unbranched alkanes of at least 4 members (excludes halogenated alkanes) is 22. The van der Waals surface area contributed by atoms with Crippen molar-refractivity contribution < 1.29 is 15.3 Å². The molecule has 272 valence electrons. The maximum atomic E-state index is 10.2. The predicted octanol–water partition coefficient (Wildman–Crippen LogP) is 11.1. The van der Waals surface area contributed by atoms with Gasteiger partial charge in [0.1, 0.15) is 6.10 Å². The van der Waals surface area contributed by atoms with Gasteiger partial charge in [0.15, 0.2) is 6.10 Å². The molecule has 3 N–H and O–H groups in total. The largest absolute Gasteiger partial charge is 0.389 e. The van der Waals surface area contributed by atoms with Crippen LogP contribution in [0.3, 0.4) is 0 Å². The molecular weight excluding hydrogens is 601 g/mol. The van der Waals surface area contributed by atoms with Gasteiger partial charge in [0.2, 0.25) is 0 Å². The molecule has 0 spiro atoms. The molecule has 0 aliphatic heterocycles. The average molecular weight is 671 g/mol. The zero-order chi connectivity index (χ0) is 35.7. The second kappa shape index (κ2) is 39.5. The molecular formula is C46H70O3. The molecule has 0 unspecified atom stereocenters. The minimum absolute atomic E-state index is 0.306. The highest BCUT2D eigenvalue weighted by Gasteiger charge is 1.99. The highest BCUT2D eigenvalue weighted by Crippen LogP contribution is 2.13. The Kier molecular flexibility index (Phi) is 37.2. The summed E-state index contributed by atoms with van der Waals surface area (Å²) in [5.41, 5.74) is 0. The number of allylic oxidation sites excluding steroid dienone is 6. The van der Waals surface area contributed by atoms with E-state index in [1.807, 2.05) is 18.2 Å². The molecule has 3 atom stereocenters. The quantitative estimate of drug-likeness (QED) is 0.0391. The van der Waals surface area contributed by atoms with Crippen molar-refractivity contribution in [2.75, 3.05) is 0 Å². The van der Waals surface area contributed by atoms with E-state index in [9.17, 15) is 15.3 Å². The molecule has 0 aromatic rings. The van der Waals surface area contributed by atoms with Crippen molar-refractivity contribution in [2.45, 2.75) is 192 Å². The highest BCUT2D eigenvalue weighted by molar-refractivity contribution is 5.19. The van der Waals surface area contributed by atoms with Gasteiger partial charge >= 0.3 is 0 Å². The van der Waals surface area contributed by atoms with Crippen molar-refractivity contribution >= 4 is 0 Å². The third kappa shape index (κ3) is 39.4. The molecule has 0 heterocycles. The van der Waals surface area contributed by atoms with Gasteiger partial charge < -0.3 is 15.3 Å². The molecule has 0 rings (SSSR count). The maximum absolute atomic E-state index is 10.2. The van der Waals surface area contributed by atoms with Crippen LogP contribution in [0.25, 0.3) is 0 Å². The SMILES string of the molecule is C#C/C=C\CCCCCCCCCCCCC/C=C/[C@@H](O)CCCC/C=C\CCCCC#C[C@H](O)C#CCCCCCC/C=C/[C@H](O)C#C. The van der Waals surface area contributed by atoms with Gasteiger partial charge in [-0.05, 0) is 95.6 Å². The van der Waals surface area contributed by atoms with E-state index in [4.69, 9.17) is 12.8 Å². The van der Waals surface area contributed by atoms with E-state index in [0.29, 0.717) is 0 Å². The Morgan fingerprint density at radius 2 is 0.857 bits per heavy atom. The van der Waals surface area contributed by atoms with E-state index in [-0.39, 0.29) is 6.10 Å². The van der Waals surface area contributed by atoms with Crippen LogP contribution >= 0.6 is 0 Å². The molecule has 0 saturated heterocycles. The Bertz CT molecular complexity index is 1060. The lowest BCUT2D eigenvalue weighted by atomic mass is 10.0. The smallest absolute Gasteiger partial charge is 0.176 e. The summed E-state index contributed by atoms with van der Waals surface area (Å²) < 4.78 is 0. The molecule has 0 fully saturated rings. The van der Waals surface area contributed by atoms with Crippen molar-refractivity contribution in [3.05, 3.63) is 48.6 Å². The van der Waals surface area contributed by atoms with E-state index < -0.39 is 12.2 Å². The summed E-state index contributed by atoms with van der Waals surface area (Å²) in [5, 5.41) is 29.4. The lowest BCUT2D eigenvalue weighted by molar-refractivity contribution is 0.208. The summed E-state index contributed by atoms with van der Waals surface area (Å²) >= 11 is 0. The van der Waals surface area contributed by atoms with Crippen LogP contribution in [0.4, 0.5) is 0 Å². The molecule has 0 bridgehead atoms. The fourth-order valence-electron chi connectivity index (χ4n) is 5.43.